The number of nitrogen functional groups attached to an aromatic ring is 1. The van der Waals surface area contributed by atoms with Crippen LogP contribution in [0.1, 0.15) is 21.5 Å². The number of carbonyl (C=O) groups is 1. The van der Waals surface area contributed by atoms with Crippen molar-refractivity contribution in [2.24, 2.45) is 0 Å². The average molecular weight is 270 g/mol. The van der Waals surface area contributed by atoms with E-state index in [0.717, 1.165) is 16.8 Å². The van der Waals surface area contributed by atoms with Crippen LogP contribution in [0.2, 0.25) is 0 Å². The number of aryl methyl sites for hydroxylation is 2. The molecule has 0 aliphatic carbocycles. The van der Waals surface area contributed by atoms with Crippen LogP contribution in [0.5, 0.6) is 5.75 Å². The number of methoxy groups -OCH3 is 1. The minimum atomic E-state index is -0.220. The van der Waals surface area contributed by atoms with Gasteiger partial charge >= 0.3 is 0 Å². The lowest BCUT2D eigenvalue weighted by Gasteiger charge is -2.13. The Kier molecular flexibility index (Phi) is 3.94. The molecule has 0 saturated heterocycles. The van der Waals surface area contributed by atoms with Crippen molar-refractivity contribution >= 4 is 17.3 Å². The maximum atomic E-state index is 12.3. The molecule has 20 heavy (non-hydrogen) atoms. The third-order valence-electron chi connectivity index (χ3n) is 3.22. The Hall–Kier alpha value is -2.49. The Balaban J connectivity index is 2.29. The van der Waals surface area contributed by atoms with Gasteiger partial charge in [-0.3, -0.25) is 4.79 Å². The van der Waals surface area contributed by atoms with E-state index in [1.165, 1.54) is 0 Å². The summed E-state index contributed by atoms with van der Waals surface area (Å²) in [5.41, 5.74) is 9.59. The number of nitrogens with one attached hydrogen (secondary N) is 1. The molecule has 1 amide bonds. The van der Waals surface area contributed by atoms with E-state index in [2.05, 4.69) is 5.32 Å². The highest BCUT2D eigenvalue weighted by Gasteiger charge is 2.13. The van der Waals surface area contributed by atoms with Crippen LogP contribution in [-0.4, -0.2) is 13.0 Å². The minimum absolute atomic E-state index is 0.220. The number of carbonyl (C=O) groups excluding carboxylic acids is 1. The molecule has 0 aromatic heterocycles. The predicted molar refractivity (Wildman–Crippen MR) is 81.3 cm³/mol. The van der Waals surface area contributed by atoms with Gasteiger partial charge in [0.15, 0.2) is 0 Å². The van der Waals surface area contributed by atoms with Gasteiger partial charge in [0.1, 0.15) is 5.75 Å². The first-order chi connectivity index (χ1) is 9.52. The molecule has 0 radical (unpaired) electrons. The van der Waals surface area contributed by atoms with E-state index in [9.17, 15) is 4.79 Å². The van der Waals surface area contributed by atoms with Gasteiger partial charge in [-0.1, -0.05) is 18.2 Å². The Bertz CT molecular complexity index is 631. The molecule has 0 heterocycles. The molecule has 0 unspecified atom stereocenters. The highest BCUT2D eigenvalue weighted by Crippen LogP contribution is 2.23. The lowest BCUT2D eigenvalue weighted by molar-refractivity contribution is 0.102. The number of rotatable bonds is 3. The Morgan fingerprint density at radius 2 is 1.80 bits per heavy atom. The SMILES string of the molecule is COc1ccc(C(=O)Nc2c(C)cccc2C)c(N)c1. The normalized spacial score (nSPS) is 10.2. The van der Waals surface area contributed by atoms with E-state index in [4.69, 9.17) is 10.5 Å². The second kappa shape index (κ2) is 5.65. The van der Waals surface area contributed by atoms with Gasteiger partial charge in [-0.05, 0) is 37.1 Å². The molecule has 2 aromatic rings. The van der Waals surface area contributed by atoms with E-state index < -0.39 is 0 Å². The second-order valence-electron chi connectivity index (χ2n) is 4.67. The highest BCUT2D eigenvalue weighted by atomic mass is 16.5. The topological polar surface area (TPSA) is 64.3 Å². The van der Waals surface area contributed by atoms with Gasteiger partial charge < -0.3 is 15.8 Å². The second-order valence-corrected chi connectivity index (χ2v) is 4.67. The fraction of sp³-hybridized carbons (Fsp3) is 0.188. The van der Waals surface area contributed by atoms with Crippen molar-refractivity contribution < 1.29 is 9.53 Å². The van der Waals surface area contributed by atoms with Gasteiger partial charge in [0, 0.05) is 17.4 Å². The molecule has 0 spiro atoms. The van der Waals surface area contributed by atoms with Gasteiger partial charge in [0.05, 0.1) is 12.7 Å². The van der Waals surface area contributed by atoms with Crippen LogP contribution >= 0.6 is 0 Å². The summed E-state index contributed by atoms with van der Waals surface area (Å²) >= 11 is 0. The molecule has 0 fully saturated rings. The molecule has 2 rings (SSSR count). The Morgan fingerprint density at radius 3 is 2.35 bits per heavy atom. The van der Waals surface area contributed by atoms with Crippen molar-refractivity contribution in [2.45, 2.75) is 13.8 Å². The van der Waals surface area contributed by atoms with Gasteiger partial charge in [-0.25, -0.2) is 0 Å². The first kappa shape index (κ1) is 13.9. The molecule has 0 aliphatic rings. The van der Waals surface area contributed by atoms with Gasteiger partial charge in [0.25, 0.3) is 5.91 Å². The number of hydrogen-bond donors (Lipinski definition) is 2. The molecule has 0 aliphatic heterocycles. The van der Waals surface area contributed by atoms with Crippen molar-refractivity contribution in [1.29, 1.82) is 0 Å². The standard InChI is InChI=1S/C16H18N2O2/c1-10-5-4-6-11(2)15(10)18-16(19)13-8-7-12(20-3)9-14(13)17/h4-9H,17H2,1-3H3,(H,18,19). The zero-order valence-corrected chi connectivity index (χ0v) is 11.9. The lowest BCUT2D eigenvalue weighted by Crippen LogP contribution is -2.15. The summed E-state index contributed by atoms with van der Waals surface area (Å²) in [6.45, 7) is 3.92. The summed E-state index contributed by atoms with van der Waals surface area (Å²) in [5, 5.41) is 2.91. The van der Waals surface area contributed by atoms with Gasteiger partial charge in [-0.2, -0.15) is 0 Å². The zero-order valence-electron chi connectivity index (χ0n) is 11.9. The summed E-state index contributed by atoms with van der Waals surface area (Å²) in [6.07, 6.45) is 0. The molecule has 2 aromatic carbocycles. The molecule has 0 saturated carbocycles. The maximum absolute atomic E-state index is 12.3. The molecule has 3 N–H and O–H groups in total. The van der Waals surface area contributed by atoms with Crippen LogP contribution in [0.3, 0.4) is 0 Å². The van der Waals surface area contributed by atoms with E-state index in [0.29, 0.717) is 17.0 Å². The first-order valence-electron chi connectivity index (χ1n) is 6.34. The molecule has 0 atom stereocenters. The van der Waals surface area contributed by atoms with Crippen molar-refractivity contribution in [3.8, 4) is 5.75 Å². The smallest absolute Gasteiger partial charge is 0.257 e. The summed E-state index contributed by atoms with van der Waals surface area (Å²) in [6, 6.07) is 10.9. The predicted octanol–water partition coefficient (Wildman–Crippen LogP) is 3.15. The number of hydrogen-bond acceptors (Lipinski definition) is 3. The quantitative estimate of drug-likeness (QED) is 0.842. The van der Waals surface area contributed by atoms with Crippen LogP contribution in [0.15, 0.2) is 36.4 Å². The van der Waals surface area contributed by atoms with Crippen molar-refractivity contribution in [1.82, 2.24) is 0 Å². The molecular formula is C16H18N2O2. The van der Waals surface area contributed by atoms with Crippen LogP contribution in [-0.2, 0) is 0 Å². The van der Waals surface area contributed by atoms with E-state index in [-0.39, 0.29) is 5.91 Å². The Morgan fingerprint density at radius 1 is 1.15 bits per heavy atom. The summed E-state index contributed by atoms with van der Waals surface area (Å²) in [5.74, 6) is 0.411. The fourth-order valence-corrected chi connectivity index (χ4v) is 2.07. The van der Waals surface area contributed by atoms with Crippen molar-refractivity contribution in [3.05, 3.63) is 53.1 Å². The lowest BCUT2D eigenvalue weighted by atomic mass is 10.1. The van der Waals surface area contributed by atoms with Gasteiger partial charge in [0.2, 0.25) is 0 Å². The first-order valence-corrected chi connectivity index (χ1v) is 6.34. The molecule has 104 valence electrons. The van der Waals surface area contributed by atoms with Crippen LogP contribution in [0, 0.1) is 13.8 Å². The van der Waals surface area contributed by atoms with Crippen molar-refractivity contribution in [2.75, 3.05) is 18.2 Å². The summed E-state index contributed by atoms with van der Waals surface area (Å²) in [4.78, 5) is 12.3. The zero-order chi connectivity index (χ0) is 14.7. The monoisotopic (exact) mass is 270 g/mol. The highest BCUT2D eigenvalue weighted by molar-refractivity contribution is 6.08. The molecular weight excluding hydrogens is 252 g/mol. The molecule has 0 bridgehead atoms. The molecule has 4 nitrogen and oxygen atoms in total. The van der Waals surface area contributed by atoms with E-state index in [1.807, 2.05) is 32.0 Å². The maximum Gasteiger partial charge on any atom is 0.257 e. The van der Waals surface area contributed by atoms with E-state index >= 15 is 0 Å². The summed E-state index contributed by atoms with van der Waals surface area (Å²) in [7, 11) is 1.56. The number of anilines is 2. The third kappa shape index (κ3) is 2.74. The number of para-hydroxylation sites is 1. The van der Waals surface area contributed by atoms with Crippen LogP contribution < -0.4 is 15.8 Å². The largest absolute Gasteiger partial charge is 0.497 e. The number of amides is 1. The number of nitrogens with two attached hydrogens (primary N) is 1. The van der Waals surface area contributed by atoms with Gasteiger partial charge in [-0.15, -0.1) is 0 Å². The minimum Gasteiger partial charge on any atom is -0.497 e. The van der Waals surface area contributed by atoms with Crippen LogP contribution in [0.4, 0.5) is 11.4 Å². The number of ether oxygens (including phenoxy) is 1. The van der Waals surface area contributed by atoms with E-state index in [1.54, 1.807) is 25.3 Å². The summed E-state index contributed by atoms with van der Waals surface area (Å²) < 4.78 is 5.07. The average Bonchev–Trinajstić information content (AvgIpc) is 2.42. The fourth-order valence-electron chi connectivity index (χ4n) is 2.07. The third-order valence-corrected chi connectivity index (χ3v) is 3.22. The number of benzene rings is 2. The van der Waals surface area contributed by atoms with Crippen LogP contribution in [0.25, 0.3) is 0 Å². The molecule has 4 heteroatoms. The Labute approximate surface area is 118 Å². The van der Waals surface area contributed by atoms with Crippen molar-refractivity contribution in [3.63, 3.8) is 0 Å².